The quantitative estimate of drug-likeness (QED) is 0.124. The molecule has 4 aromatic heterocycles. The van der Waals surface area contributed by atoms with Gasteiger partial charge in [-0.1, -0.05) is 36.4 Å². The van der Waals surface area contributed by atoms with Gasteiger partial charge < -0.3 is 0 Å². The molecule has 0 N–H and O–H groups in total. The number of aromatic nitrogens is 4. The predicted molar refractivity (Wildman–Crippen MR) is 202 cm³/mol. The highest BCUT2D eigenvalue weighted by molar-refractivity contribution is 7.78. The number of thiocarbonyl (C=S) groups is 1. The monoisotopic (exact) mass is 683 g/mol. The molecule has 1 fully saturated rings. The van der Waals surface area contributed by atoms with E-state index < -0.39 is 0 Å². The fraction of sp³-hybridized carbons (Fsp3) is 0.325. The number of pyridine rings is 4. The van der Waals surface area contributed by atoms with E-state index in [2.05, 4.69) is 95.4 Å². The first-order valence-electron chi connectivity index (χ1n) is 17.4. The second kappa shape index (κ2) is 19.0. The van der Waals surface area contributed by atoms with Crippen molar-refractivity contribution in [3.63, 3.8) is 0 Å². The number of isothiocyanates is 1. The van der Waals surface area contributed by atoms with Gasteiger partial charge in [-0.15, -0.1) is 0 Å². The minimum absolute atomic E-state index is 0.209. The van der Waals surface area contributed by atoms with Crippen LogP contribution < -0.4 is 0 Å². The first kappa shape index (κ1) is 35.3. The first-order chi connectivity index (χ1) is 24.7. The third-order valence-corrected chi connectivity index (χ3v) is 9.25. The Morgan fingerprint density at radius 1 is 0.540 bits per heavy atom. The van der Waals surface area contributed by atoms with E-state index in [9.17, 15) is 0 Å². The molecule has 1 atom stereocenters. The van der Waals surface area contributed by atoms with E-state index in [1.165, 1.54) is 5.56 Å². The molecule has 0 aliphatic carbocycles. The maximum atomic E-state index is 4.86. The van der Waals surface area contributed by atoms with E-state index in [1.54, 1.807) is 0 Å². The van der Waals surface area contributed by atoms with E-state index >= 15 is 0 Å². The second-order valence-electron chi connectivity index (χ2n) is 12.8. The summed E-state index contributed by atoms with van der Waals surface area (Å²) in [4.78, 5) is 33.4. The molecule has 0 spiro atoms. The molecular weight excluding hydrogens is 639 g/mol. The van der Waals surface area contributed by atoms with Gasteiger partial charge >= 0.3 is 0 Å². The number of hydrogen-bond acceptors (Lipinski definition) is 10. The molecule has 1 aromatic carbocycles. The molecule has 256 valence electrons. The lowest BCUT2D eigenvalue weighted by Gasteiger charge is -2.39. The van der Waals surface area contributed by atoms with Crippen molar-refractivity contribution in [1.29, 1.82) is 0 Å². The van der Waals surface area contributed by atoms with Crippen LogP contribution in [0.5, 0.6) is 0 Å². The summed E-state index contributed by atoms with van der Waals surface area (Å²) in [7, 11) is 0. The van der Waals surface area contributed by atoms with Gasteiger partial charge in [-0.25, -0.2) is 0 Å². The summed E-state index contributed by atoms with van der Waals surface area (Å²) in [6, 6.07) is 33.4. The van der Waals surface area contributed by atoms with Crippen molar-refractivity contribution in [2.75, 3.05) is 45.8 Å². The summed E-state index contributed by atoms with van der Waals surface area (Å²) in [6.07, 6.45) is 8.45. The molecule has 1 unspecified atom stereocenters. The van der Waals surface area contributed by atoms with Crippen LogP contribution in [0, 0.1) is 0 Å². The van der Waals surface area contributed by atoms with Gasteiger partial charge in [0.2, 0.25) is 0 Å². The highest BCUT2D eigenvalue weighted by Gasteiger charge is 2.26. The highest BCUT2D eigenvalue weighted by atomic mass is 32.1. The van der Waals surface area contributed by atoms with Crippen molar-refractivity contribution in [2.45, 2.75) is 38.6 Å². The Balaban J connectivity index is 1.33. The van der Waals surface area contributed by atoms with E-state index in [1.807, 2.05) is 61.2 Å². The van der Waals surface area contributed by atoms with Gasteiger partial charge in [0.25, 0.3) is 0 Å². The Morgan fingerprint density at radius 3 is 1.44 bits per heavy atom. The summed E-state index contributed by atoms with van der Waals surface area (Å²) < 4.78 is 0. The molecule has 10 heteroatoms. The van der Waals surface area contributed by atoms with Crippen molar-refractivity contribution in [2.24, 2.45) is 4.99 Å². The summed E-state index contributed by atoms with van der Waals surface area (Å²) >= 11 is 4.86. The van der Waals surface area contributed by atoms with Crippen molar-refractivity contribution in [3.8, 4) is 0 Å². The molecule has 0 saturated carbocycles. The van der Waals surface area contributed by atoms with E-state index in [4.69, 9.17) is 27.2 Å². The lowest BCUT2D eigenvalue weighted by molar-refractivity contribution is 0.0841. The van der Waals surface area contributed by atoms with Crippen LogP contribution in [0.1, 0.15) is 28.3 Å². The average Bonchev–Trinajstić information content (AvgIpc) is 3.16. The van der Waals surface area contributed by atoms with Crippen molar-refractivity contribution < 1.29 is 0 Å². The molecule has 50 heavy (non-hydrogen) atoms. The van der Waals surface area contributed by atoms with Crippen LogP contribution in [0.2, 0.25) is 0 Å². The Hall–Kier alpha value is -4.54. The Bertz CT molecular complexity index is 1740. The Morgan fingerprint density at radius 2 is 0.980 bits per heavy atom. The maximum Gasteiger partial charge on any atom is 0.0739 e. The number of aliphatic imine (C=N–C) groups is 1. The fourth-order valence-corrected chi connectivity index (χ4v) is 6.61. The lowest BCUT2D eigenvalue weighted by atomic mass is 10.0. The van der Waals surface area contributed by atoms with Crippen LogP contribution in [0.15, 0.2) is 127 Å². The van der Waals surface area contributed by atoms with Crippen LogP contribution in [0.3, 0.4) is 0 Å². The van der Waals surface area contributed by atoms with Crippen molar-refractivity contribution in [3.05, 3.63) is 150 Å². The molecule has 5 aromatic rings. The Kier molecular flexibility index (Phi) is 13.4. The molecule has 6 rings (SSSR count). The maximum absolute atomic E-state index is 4.86. The summed E-state index contributed by atoms with van der Waals surface area (Å²) in [5, 5.41) is 2.49. The van der Waals surface area contributed by atoms with Gasteiger partial charge in [0, 0.05) is 103 Å². The smallest absolute Gasteiger partial charge is 0.0739 e. The molecule has 5 heterocycles. The molecule has 1 aliphatic heterocycles. The first-order valence-corrected chi connectivity index (χ1v) is 17.8. The SMILES string of the molecule is S=C=Nc1ccc(CC2CN(Cc3ccccn3)CCN(Cc3ccccn3)CCN(Cc3ccccn3)CCN2Cc2ccccn2)cc1. The third kappa shape index (κ3) is 11.2. The van der Waals surface area contributed by atoms with E-state index in [-0.39, 0.29) is 6.04 Å². The van der Waals surface area contributed by atoms with Gasteiger partial charge in [-0.05, 0) is 84.9 Å². The highest BCUT2D eigenvalue weighted by Crippen LogP contribution is 2.20. The van der Waals surface area contributed by atoms with Crippen molar-refractivity contribution >= 4 is 23.1 Å². The van der Waals surface area contributed by atoms with Crippen LogP contribution >= 0.6 is 12.2 Å². The average molecular weight is 684 g/mol. The summed E-state index contributed by atoms with van der Waals surface area (Å²) in [5.41, 5.74) is 6.41. The number of rotatable bonds is 11. The molecule has 0 radical (unpaired) electrons. The van der Waals surface area contributed by atoms with Gasteiger partial charge in [-0.3, -0.25) is 39.5 Å². The number of hydrogen-bond donors (Lipinski definition) is 0. The topological polar surface area (TPSA) is 76.9 Å². The van der Waals surface area contributed by atoms with Crippen LogP contribution in [-0.4, -0.2) is 96.6 Å². The molecule has 0 bridgehead atoms. The van der Waals surface area contributed by atoms with Gasteiger partial charge in [0.15, 0.2) is 0 Å². The summed E-state index contributed by atoms with van der Waals surface area (Å²) in [6.45, 7) is 9.49. The van der Waals surface area contributed by atoms with Gasteiger partial charge in [0.1, 0.15) is 0 Å². The van der Waals surface area contributed by atoms with E-state index in [0.29, 0.717) is 0 Å². The standard InChI is InChI=1S/C40H45N9S/c50-33-45-35-15-13-34(14-16-35)27-40-32-48(30-38-11-3-7-19-43-38)24-23-46(28-36-9-1-5-17-41-36)21-22-47(29-37-10-2-6-18-42-37)25-26-49(40)31-39-12-4-8-20-44-39/h1-20,40H,21-32H2. The van der Waals surface area contributed by atoms with Gasteiger partial charge in [-0.2, -0.15) is 4.99 Å². The fourth-order valence-electron chi connectivity index (χ4n) is 6.50. The molecule has 9 nitrogen and oxygen atoms in total. The predicted octanol–water partition coefficient (Wildman–Crippen LogP) is 5.93. The number of nitrogens with zero attached hydrogens (tertiary/aromatic N) is 9. The minimum Gasteiger partial charge on any atom is -0.295 e. The normalized spacial score (nSPS) is 17.3. The van der Waals surface area contributed by atoms with E-state index in [0.717, 1.165) is 107 Å². The minimum atomic E-state index is 0.209. The van der Waals surface area contributed by atoms with Crippen LogP contribution in [-0.2, 0) is 32.6 Å². The molecule has 1 aliphatic rings. The zero-order valence-corrected chi connectivity index (χ0v) is 29.4. The third-order valence-electron chi connectivity index (χ3n) is 9.16. The number of benzene rings is 1. The van der Waals surface area contributed by atoms with Crippen LogP contribution in [0.25, 0.3) is 0 Å². The largest absolute Gasteiger partial charge is 0.295 e. The molecular formula is C40H45N9S. The Labute approximate surface area is 301 Å². The van der Waals surface area contributed by atoms with Gasteiger partial charge in [0.05, 0.1) is 33.6 Å². The lowest BCUT2D eigenvalue weighted by Crippen LogP contribution is -2.50. The zero-order valence-electron chi connectivity index (χ0n) is 28.5. The zero-order chi connectivity index (χ0) is 34.2. The van der Waals surface area contributed by atoms with Crippen molar-refractivity contribution in [1.82, 2.24) is 39.5 Å². The summed E-state index contributed by atoms with van der Waals surface area (Å²) in [5.74, 6) is 0. The molecule has 1 saturated heterocycles. The van der Waals surface area contributed by atoms with Crippen LogP contribution in [0.4, 0.5) is 5.69 Å². The molecule has 0 amide bonds. The second-order valence-corrected chi connectivity index (χ2v) is 13.0.